The van der Waals surface area contributed by atoms with Crippen LogP contribution in [-0.2, 0) is 9.59 Å². The van der Waals surface area contributed by atoms with Crippen LogP contribution in [0, 0.1) is 0 Å². The molecule has 2 aliphatic rings. The van der Waals surface area contributed by atoms with E-state index in [9.17, 15) is 9.59 Å². The number of aliphatic imine (C=N–C) groups is 1. The van der Waals surface area contributed by atoms with Crippen molar-refractivity contribution in [1.82, 2.24) is 10.2 Å². The molecule has 28 heavy (non-hydrogen) atoms. The average Bonchev–Trinajstić information content (AvgIpc) is 3.08. The van der Waals surface area contributed by atoms with Crippen molar-refractivity contribution in [3.63, 3.8) is 0 Å². The van der Waals surface area contributed by atoms with E-state index in [1.165, 1.54) is 25.3 Å². The smallest absolute Gasteiger partial charge is 0.286 e. The SMILES string of the molecule is CCNC(=O)COc1ccc(/C=C2\SC(N3CCCCC3)=NC2=O)cc1OC. The van der Waals surface area contributed by atoms with Gasteiger partial charge in [0.1, 0.15) is 0 Å². The van der Waals surface area contributed by atoms with E-state index >= 15 is 0 Å². The van der Waals surface area contributed by atoms with E-state index in [1.54, 1.807) is 12.1 Å². The van der Waals surface area contributed by atoms with E-state index in [0.717, 1.165) is 36.7 Å². The number of ether oxygens (including phenoxy) is 2. The number of piperidine rings is 1. The molecule has 1 fully saturated rings. The summed E-state index contributed by atoms with van der Waals surface area (Å²) in [4.78, 5) is 30.9. The summed E-state index contributed by atoms with van der Waals surface area (Å²) in [5.41, 5.74) is 0.813. The predicted octanol–water partition coefficient (Wildman–Crippen LogP) is 2.67. The van der Waals surface area contributed by atoms with E-state index in [-0.39, 0.29) is 18.4 Å². The number of benzene rings is 1. The fraction of sp³-hybridized carbons (Fsp3) is 0.450. The van der Waals surface area contributed by atoms with E-state index in [2.05, 4.69) is 15.2 Å². The van der Waals surface area contributed by atoms with E-state index < -0.39 is 0 Å². The third-order valence-corrected chi connectivity index (χ3v) is 5.50. The third kappa shape index (κ3) is 5.07. The maximum Gasteiger partial charge on any atom is 0.286 e. The van der Waals surface area contributed by atoms with E-state index in [4.69, 9.17) is 9.47 Å². The molecule has 0 radical (unpaired) electrons. The number of nitrogens with one attached hydrogen (secondary N) is 1. The standard InChI is InChI=1S/C20H25N3O4S/c1-3-21-18(24)13-27-15-8-7-14(11-16(15)26-2)12-17-19(25)22-20(28-17)23-9-5-4-6-10-23/h7-8,11-12H,3-6,9-10,13H2,1-2H3,(H,21,24)/b17-12-. The Labute approximate surface area is 169 Å². The maximum atomic E-state index is 12.3. The van der Waals surface area contributed by atoms with Crippen LogP contribution in [0.15, 0.2) is 28.1 Å². The summed E-state index contributed by atoms with van der Waals surface area (Å²) in [7, 11) is 1.54. The van der Waals surface area contributed by atoms with Gasteiger partial charge in [-0.25, -0.2) is 0 Å². The van der Waals surface area contributed by atoms with Crippen LogP contribution in [-0.4, -0.2) is 55.2 Å². The minimum Gasteiger partial charge on any atom is -0.493 e. The summed E-state index contributed by atoms with van der Waals surface area (Å²) < 4.78 is 10.9. The highest BCUT2D eigenvalue weighted by atomic mass is 32.2. The second-order valence-corrected chi connectivity index (χ2v) is 7.52. The van der Waals surface area contributed by atoms with Gasteiger partial charge in [-0.1, -0.05) is 6.07 Å². The lowest BCUT2D eigenvalue weighted by Gasteiger charge is -2.27. The lowest BCUT2D eigenvalue weighted by atomic mass is 10.1. The highest BCUT2D eigenvalue weighted by Crippen LogP contribution is 2.34. The number of amides is 2. The summed E-state index contributed by atoms with van der Waals surface area (Å²) in [5.74, 6) is 0.588. The first-order chi connectivity index (χ1) is 13.6. The second kappa shape index (κ2) is 9.64. The van der Waals surface area contributed by atoms with Crippen LogP contribution < -0.4 is 14.8 Å². The number of nitrogens with zero attached hydrogens (tertiary/aromatic N) is 2. The van der Waals surface area contributed by atoms with E-state index in [0.29, 0.717) is 22.9 Å². The Kier molecular flexibility index (Phi) is 6.97. The molecule has 1 N–H and O–H groups in total. The Morgan fingerprint density at radius 2 is 2.07 bits per heavy atom. The number of likely N-dealkylation sites (tertiary alicyclic amines) is 1. The van der Waals surface area contributed by atoms with Crippen LogP contribution >= 0.6 is 11.8 Å². The molecule has 1 aromatic rings. The number of carbonyl (C=O) groups excluding carboxylic acids is 2. The first-order valence-corrected chi connectivity index (χ1v) is 10.3. The molecule has 8 heteroatoms. The third-order valence-electron chi connectivity index (χ3n) is 4.45. The Hall–Kier alpha value is -2.48. The van der Waals surface area contributed by atoms with Gasteiger partial charge >= 0.3 is 0 Å². The minimum absolute atomic E-state index is 0.0774. The average molecular weight is 404 g/mol. The quantitative estimate of drug-likeness (QED) is 0.736. The first kappa shape index (κ1) is 20.3. The van der Waals surface area contributed by atoms with Gasteiger partial charge in [-0.05, 0) is 61.7 Å². The highest BCUT2D eigenvalue weighted by molar-refractivity contribution is 8.18. The van der Waals surface area contributed by atoms with Gasteiger partial charge in [0.2, 0.25) is 0 Å². The fourth-order valence-corrected chi connectivity index (χ4v) is 4.02. The molecule has 2 amide bonds. The zero-order chi connectivity index (χ0) is 19.9. The summed E-state index contributed by atoms with van der Waals surface area (Å²) >= 11 is 1.42. The molecule has 0 aromatic heterocycles. The van der Waals surface area contributed by atoms with Gasteiger partial charge in [0.05, 0.1) is 12.0 Å². The molecule has 0 spiro atoms. The second-order valence-electron chi connectivity index (χ2n) is 6.51. The maximum absolute atomic E-state index is 12.3. The number of rotatable bonds is 6. The van der Waals surface area contributed by atoms with Crippen molar-refractivity contribution in [1.29, 1.82) is 0 Å². The van der Waals surface area contributed by atoms with Crippen molar-refractivity contribution < 1.29 is 19.1 Å². The monoisotopic (exact) mass is 403 g/mol. The van der Waals surface area contributed by atoms with Crippen LogP contribution in [0.5, 0.6) is 11.5 Å². The van der Waals surface area contributed by atoms with Crippen molar-refractivity contribution in [3.8, 4) is 11.5 Å². The summed E-state index contributed by atoms with van der Waals surface area (Å²) in [6.45, 7) is 4.24. The molecule has 0 unspecified atom stereocenters. The molecule has 2 heterocycles. The van der Waals surface area contributed by atoms with E-state index in [1.807, 2.05) is 19.1 Å². The van der Waals surface area contributed by atoms with Crippen molar-refractivity contribution in [2.24, 2.45) is 4.99 Å². The minimum atomic E-state index is -0.207. The van der Waals surface area contributed by atoms with Crippen molar-refractivity contribution in [2.75, 3.05) is 33.4 Å². The molecule has 7 nitrogen and oxygen atoms in total. The van der Waals surface area contributed by atoms with Gasteiger partial charge in [-0.2, -0.15) is 4.99 Å². The number of thioether (sulfide) groups is 1. The van der Waals surface area contributed by atoms with Crippen LogP contribution in [0.4, 0.5) is 0 Å². The lowest BCUT2D eigenvalue weighted by molar-refractivity contribution is -0.123. The molecule has 0 atom stereocenters. The molecule has 2 aliphatic heterocycles. The molecule has 0 aliphatic carbocycles. The zero-order valence-electron chi connectivity index (χ0n) is 16.2. The van der Waals surface area contributed by atoms with Crippen molar-refractivity contribution >= 4 is 34.8 Å². The first-order valence-electron chi connectivity index (χ1n) is 9.45. The highest BCUT2D eigenvalue weighted by Gasteiger charge is 2.27. The van der Waals surface area contributed by atoms with Crippen LogP contribution in [0.3, 0.4) is 0 Å². The van der Waals surface area contributed by atoms with Gasteiger partial charge in [0.15, 0.2) is 23.3 Å². The topological polar surface area (TPSA) is 80.2 Å². The number of methoxy groups -OCH3 is 1. The fourth-order valence-electron chi connectivity index (χ4n) is 3.05. The van der Waals surface area contributed by atoms with Crippen molar-refractivity contribution in [3.05, 3.63) is 28.7 Å². The van der Waals surface area contributed by atoms with Crippen molar-refractivity contribution in [2.45, 2.75) is 26.2 Å². The Morgan fingerprint density at radius 3 is 2.79 bits per heavy atom. The van der Waals surface area contributed by atoms with Crippen LogP contribution in [0.2, 0.25) is 0 Å². The molecule has 1 aromatic carbocycles. The number of amidine groups is 1. The number of carbonyl (C=O) groups is 2. The van der Waals surface area contributed by atoms with Crippen LogP contribution in [0.1, 0.15) is 31.7 Å². The Bertz CT molecular complexity index is 801. The lowest BCUT2D eigenvalue weighted by Crippen LogP contribution is -2.33. The summed E-state index contributed by atoms with van der Waals surface area (Å²) in [6.07, 6.45) is 5.33. The number of hydrogen-bond acceptors (Lipinski definition) is 6. The summed E-state index contributed by atoms with van der Waals surface area (Å²) in [5, 5.41) is 3.47. The predicted molar refractivity (Wildman–Crippen MR) is 111 cm³/mol. The number of likely N-dealkylation sites (N-methyl/N-ethyl adjacent to an activating group) is 1. The molecule has 0 bridgehead atoms. The molecule has 0 saturated carbocycles. The zero-order valence-corrected chi connectivity index (χ0v) is 17.0. The molecule has 3 rings (SSSR count). The molecule has 150 valence electrons. The Morgan fingerprint density at radius 1 is 1.29 bits per heavy atom. The van der Waals surface area contributed by atoms with Gasteiger partial charge in [0, 0.05) is 19.6 Å². The van der Waals surface area contributed by atoms with Gasteiger partial charge in [-0.3, -0.25) is 9.59 Å². The van der Waals surface area contributed by atoms with Crippen LogP contribution in [0.25, 0.3) is 6.08 Å². The Balaban J connectivity index is 1.68. The van der Waals surface area contributed by atoms with Gasteiger partial charge in [0.25, 0.3) is 11.8 Å². The molecular weight excluding hydrogens is 378 g/mol. The summed E-state index contributed by atoms with van der Waals surface area (Å²) in [6, 6.07) is 5.35. The molecular formula is C20H25N3O4S. The largest absolute Gasteiger partial charge is 0.493 e. The number of hydrogen-bond donors (Lipinski definition) is 1. The molecule has 1 saturated heterocycles. The van der Waals surface area contributed by atoms with Gasteiger partial charge < -0.3 is 19.7 Å². The van der Waals surface area contributed by atoms with Gasteiger partial charge in [-0.15, -0.1) is 0 Å². The normalized spacial score (nSPS) is 18.2.